The highest BCUT2D eigenvalue weighted by Crippen LogP contribution is 2.22. The molecule has 2 heterocycles. The molecule has 10 nitrogen and oxygen atoms in total. The first-order valence-corrected chi connectivity index (χ1v) is 10.6. The number of carbonyl (C=O) groups is 1. The first-order valence-electron chi connectivity index (χ1n) is 10.6. The molecule has 1 amide bonds. The van der Waals surface area contributed by atoms with E-state index in [1.54, 1.807) is 13.0 Å². The summed E-state index contributed by atoms with van der Waals surface area (Å²) in [6, 6.07) is 7.11. The summed E-state index contributed by atoms with van der Waals surface area (Å²) >= 11 is 0. The van der Waals surface area contributed by atoms with Crippen LogP contribution in [0, 0.1) is 17.0 Å². The molecule has 3 rings (SSSR count). The Bertz CT molecular complexity index is 1100. The number of carbonyl (C=O) groups excluding carboxylic acids is 1. The molecule has 1 saturated heterocycles. The average Bonchev–Trinajstić information content (AvgIpc) is 2.78. The summed E-state index contributed by atoms with van der Waals surface area (Å²) in [5, 5.41) is 15.5. The number of aromatic nitrogens is 2. The van der Waals surface area contributed by atoms with Gasteiger partial charge in [-0.2, -0.15) is 18.3 Å². The van der Waals surface area contributed by atoms with Gasteiger partial charge < -0.3 is 9.64 Å². The van der Waals surface area contributed by atoms with Gasteiger partial charge in [0.05, 0.1) is 4.92 Å². The second kappa shape index (κ2) is 10.7. The Kier molecular flexibility index (Phi) is 7.99. The predicted molar refractivity (Wildman–Crippen MR) is 115 cm³/mol. The van der Waals surface area contributed by atoms with E-state index in [2.05, 4.69) is 9.84 Å². The molecule has 184 valence electrons. The number of rotatable bonds is 8. The molecular weight excluding hydrogens is 459 g/mol. The van der Waals surface area contributed by atoms with Crippen molar-refractivity contribution in [2.75, 3.05) is 45.9 Å². The molecule has 0 saturated carbocycles. The zero-order chi connectivity index (χ0) is 24.9. The van der Waals surface area contributed by atoms with E-state index in [-0.39, 0.29) is 23.7 Å². The summed E-state index contributed by atoms with van der Waals surface area (Å²) in [6.07, 6.45) is -3.93. The fraction of sp³-hybridized carbons (Fsp3) is 0.476. The van der Waals surface area contributed by atoms with Crippen molar-refractivity contribution in [2.24, 2.45) is 0 Å². The Morgan fingerprint density at radius 1 is 1.21 bits per heavy atom. The third-order valence-corrected chi connectivity index (χ3v) is 5.30. The summed E-state index contributed by atoms with van der Waals surface area (Å²) < 4.78 is 42.1. The van der Waals surface area contributed by atoms with Crippen LogP contribution in [-0.4, -0.2) is 82.5 Å². The number of hydrogen-bond donors (Lipinski definition) is 0. The molecule has 0 aliphatic carbocycles. The van der Waals surface area contributed by atoms with Gasteiger partial charge in [-0.25, -0.2) is 4.68 Å². The third kappa shape index (κ3) is 6.38. The molecule has 1 aromatic carbocycles. The number of nitro benzene ring substituents is 1. The minimum absolute atomic E-state index is 0.0168. The zero-order valence-corrected chi connectivity index (χ0v) is 18.5. The Labute approximate surface area is 192 Å². The number of benzene rings is 1. The van der Waals surface area contributed by atoms with E-state index in [1.165, 1.54) is 33.8 Å². The number of para-hydroxylation sites is 2. The Balaban J connectivity index is 1.65. The zero-order valence-electron chi connectivity index (χ0n) is 18.5. The fourth-order valence-electron chi connectivity index (χ4n) is 3.64. The van der Waals surface area contributed by atoms with Gasteiger partial charge in [0.25, 0.3) is 11.6 Å². The number of halogens is 3. The largest absolute Gasteiger partial charge is 0.411 e. The second-order valence-electron chi connectivity index (χ2n) is 7.81. The summed E-state index contributed by atoms with van der Waals surface area (Å²) in [4.78, 5) is 39.8. The summed E-state index contributed by atoms with van der Waals surface area (Å²) in [5.74, 6) is -0.578. The van der Waals surface area contributed by atoms with Gasteiger partial charge in [0.2, 0.25) is 5.43 Å². The topological polar surface area (TPSA) is 111 Å². The van der Waals surface area contributed by atoms with Crippen molar-refractivity contribution in [3.63, 3.8) is 0 Å². The maximum Gasteiger partial charge on any atom is 0.411 e. The monoisotopic (exact) mass is 483 g/mol. The SMILES string of the molecule is Cc1cc(=O)c(C(=O)N2CCN(CCCOCC(F)(F)F)CC2)nn1-c1ccccc1[N+](=O)[O-]. The smallest absolute Gasteiger partial charge is 0.372 e. The molecule has 1 aromatic heterocycles. The lowest BCUT2D eigenvalue weighted by atomic mass is 10.2. The molecule has 0 spiro atoms. The van der Waals surface area contributed by atoms with E-state index in [4.69, 9.17) is 0 Å². The molecule has 1 aliphatic rings. The number of ether oxygens (including phenoxy) is 1. The van der Waals surface area contributed by atoms with Gasteiger partial charge in [-0.1, -0.05) is 12.1 Å². The number of hydrogen-bond acceptors (Lipinski definition) is 7. The van der Waals surface area contributed by atoms with E-state index in [1.807, 2.05) is 4.90 Å². The molecule has 1 aliphatic heterocycles. The molecule has 2 aromatic rings. The van der Waals surface area contributed by atoms with Crippen LogP contribution in [0.4, 0.5) is 18.9 Å². The van der Waals surface area contributed by atoms with Crippen LogP contribution in [0.2, 0.25) is 0 Å². The molecule has 0 bridgehead atoms. The minimum atomic E-state index is -4.35. The molecule has 0 atom stereocenters. The lowest BCUT2D eigenvalue weighted by molar-refractivity contribution is -0.384. The van der Waals surface area contributed by atoms with Gasteiger partial charge in [0, 0.05) is 57.2 Å². The second-order valence-corrected chi connectivity index (χ2v) is 7.81. The third-order valence-electron chi connectivity index (χ3n) is 5.30. The van der Waals surface area contributed by atoms with Crippen LogP contribution < -0.4 is 5.43 Å². The van der Waals surface area contributed by atoms with Gasteiger partial charge in [-0.15, -0.1) is 0 Å². The normalized spacial score (nSPS) is 14.9. The molecule has 0 radical (unpaired) electrons. The quantitative estimate of drug-likeness (QED) is 0.322. The molecule has 0 unspecified atom stereocenters. The number of nitrogens with zero attached hydrogens (tertiary/aromatic N) is 5. The van der Waals surface area contributed by atoms with Crippen LogP contribution in [0.15, 0.2) is 35.1 Å². The minimum Gasteiger partial charge on any atom is -0.372 e. The van der Waals surface area contributed by atoms with Crippen LogP contribution in [0.5, 0.6) is 0 Å². The number of nitro groups is 1. The fourth-order valence-corrected chi connectivity index (χ4v) is 3.64. The van der Waals surface area contributed by atoms with E-state index >= 15 is 0 Å². The molecule has 1 fully saturated rings. The van der Waals surface area contributed by atoms with Crippen molar-refractivity contribution in [3.05, 3.63) is 62.1 Å². The molecule has 13 heteroatoms. The highest BCUT2D eigenvalue weighted by Gasteiger charge is 2.28. The number of alkyl halides is 3. The number of piperazine rings is 1. The first kappa shape index (κ1) is 25.3. The van der Waals surface area contributed by atoms with Crippen molar-refractivity contribution in [1.29, 1.82) is 0 Å². The van der Waals surface area contributed by atoms with E-state index in [9.17, 15) is 32.9 Å². The van der Waals surface area contributed by atoms with E-state index < -0.39 is 29.0 Å². The predicted octanol–water partition coefficient (Wildman–Crippen LogP) is 2.18. The highest BCUT2D eigenvalue weighted by atomic mass is 19.4. The standard InChI is InChI=1S/C21H24F3N5O5/c1-15-13-18(30)19(25-28(15)16-5-2-3-6-17(16)29(32)33)20(31)27-10-8-26(9-11-27)7-4-12-34-14-21(22,23)24/h2-3,5-6,13H,4,7-12,14H2,1H3. The molecule has 34 heavy (non-hydrogen) atoms. The van der Waals surface area contributed by atoms with Crippen molar-refractivity contribution in [1.82, 2.24) is 19.6 Å². The first-order chi connectivity index (χ1) is 16.1. The van der Waals surface area contributed by atoms with Crippen molar-refractivity contribution >= 4 is 11.6 Å². The van der Waals surface area contributed by atoms with Gasteiger partial charge in [-0.05, 0) is 19.4 Å². The van der Waals surface area contributed by atoms with Crippen molar-refractivity contribution in [2.45, 2.75) is 19.5 Å². The molecule has 0 N–H and O–H groups in total. The lowest BCUT2D eigenvalue weighted by Gasteiger charge is -2.34. The lowest BCUT2D eigenvalue weighted by Crippen LogP contribution is -2.50. The van der Waals surface area contributed by atoms with Crippen LogP contribution in [0.25, 0.3) is 5.69 Å². The van der Waals surface area contributed by atoms with Crippen LogP contribution in [0.1, 0.15) is 22.6 Å². The van der Waals surface area contributed by atoms with E-state index in [0.717, 1.165) is 0 Å². The average molecular weight is 483 g/mol. The highest BCUT2D eigenvalue weighted by molar-refractivity contribution is 5.92. The van der Waals surface area contributed by atoms with Gasteiger partial charge in [0.15, 0.2) is 5.69 Å². The molecular formula is C21H24F3N5O5. The van der Waals surface area contributed by atoms with Crippen LogP contribution in [0.3, 0.4) is 0 Å². The Hall–Kier alpha value is -3.32. The van der Waals surface area contributed by atoms with Crippen molar-refractivity contribution in [3.8, 4) is 5.69 Å². The Morgan fingerprint density at radius 3 is 2.53 bits per heavy atom. The number of amides is 1. The maximum absolute atomic E-state index is 13.0. The summed E-state index contributed by atoms with van der Waals surface area (Å²) in [6.45, 7) is 2.37. The summed E-state index contributed by atoms with van der Waals surface area (Å²) in [5.41, 5.74) is -0.655. The Morgan fingerprint density at radius 2 is 1.88 bits per heavy atom. The number of aryl methyl sites for hydroxylation is 1. The van der Waals surface area contributed by atoms with Gasteiger partial charge >= 0.3 is 6.18 Å². The van der Waals surface area contributed by atoms with E-state index in [0.29, 0.717) is 44.8 Å². The van der Waals surface area contributed by atoms with Crippen LogP contribution >= 0.6 is 0 Å². The van der Waals surface area contributed by atoms with Gasteiger partial charge in [-0.3, -0.25) is 24.6 Å². The van der Waals surface area contributed by atoms with Crippen molar-refractivity contribution < 1.29 is 27.6 Å². The van der Waals surface area contributed by atoms with Crippen LogP contribution in [-0.2, 0) is 4.74 Å². The van der Waals surface area contributed by atoms with Gasteiger partial charge in [0.1, 0.15) is 12.3 Å². The summed E-state index contributed by atoms with van der Waals surface area (Å²) in [7, 11) is 0. The maximum atomic E-state index is 13.0.